The van der Waals surface area contributed by atoms with E-state index in [-0.39, 0.29) is 6.54 Å². The number of benzene rings is 1. The van der Waals surface area contributed by atoms with Gasteiger partial charge in [-0.15, -0.1) is 0 Å². The van der Waals surface area contributed by atoms with Crippen molar-refractivity contribution >= 4 is 0 Å². The highest BCUT2D eigenvalue weighted by Gasteiger charge is 2.02. The predicted octanol–water partition coefficient (Wildman–Crippen LogP) is 1.24. The third-order valence-electron chi connectivity index (χ3n) is 2.00. The van der Waals surface area contributed by atoms with Crippen LogP contribution in [0.15, 0.2) is 24.3 Å². The van der Waals surface area contributed by atoms with Crippen LogP contribution in [0.2, 0.25) is 0 Å². The Morgan fingerprint density at radius 2 is 1.92 bits per heavy atom. The average molecular weight is 165 g/mol. The summed E-state index contributed by atoms with van der Waals surface area (Å²) in [6, 6.07) is 7.90. The number of nitrogens with two attached hydrogens (primary N) is 1. The molecule has 1 aromatic rings. The number of aliphatic hydroxyl groups excluding tert-OH is 1. The molecule has 1 atom stereocenters. The average Bonchev–Trinajstić information content (AvgIpc) is 2.17. The Bertz CT molecular complexity index is 230. The van der Waals surface area contributed by atoms with E-state index in [4.69, 9.17) is 5.73 Å². The molecule has 12 heavy (non-hydrogen) atoms. The van der Waals surface area contributed by atoms with E-state index in [1.54, 1.807) is 0 Å². The van der Waals surface area contributed by atoms with Crippen LogP contribution in [-0.2, 0) is 6.42 Å². The molecule has 1 rings (SSSR count). The number of hydrogen-bond donors (Lipinski definition) is 2. The SMILES string of the molecule is CCc1ccc([C@H](O)CN)cc1. The van der Waals surface area contributed by atoms with Gasteiger partial charge in [-0.05, 0) is 17.5 Å². The lowest BCUT2D eigenvalue weighted by Crippen LogP contribution is -2.11. The summed E-state index contributed by atoms with van der Waals surface area (Å²) in [6.45, 7) is 2.39. The fourth-order valence-electron chi connectivity index (χ4n) is 1.11. The minimum atomic E-state index is -0.518. The van der Waals surface area contributed by atoms with Gasteiger partial charge in [0.2, 0.25) is 0 Å². The van der Waals surface area contributed by atoms with Gasteiger partial charge in [0.15, 0.2) is 0 Å². The summed E-state index contributed by atoms with van der Waals surface area (Å²) in [7, 11) is 0. The molecule has 0 saturated heterocycles. The standard InChI is InChI=1S/C10H15NO/c1-2-8-3-5-9(6-4-8)10(12)7-11/h3-6,10,12H,2,7,11H2,1H3/t10-/m1/s1. The second kappa shape index (κ2) is 4.24. The highest BCUT2D eigenvalue weighted by molar-refractivity contribution is 5.24. The molecule has 0 aliphatic heterocycles. The first-order chi connectivity index (χ1) is 5.77. The van der Waals surface area contributed by atoms with Crippen LogP contribution >= 0.6 is 0 Å². The van der Waals surface area contributed by atoms with Crippen LogP contribution in [0.3, 0.4) is 0 Å². The van der Waals surface area contributed by atoms with Gasteiger partial charge in [-0.25, -0.2) is 0 Å². The molecule has 0 amide bonds. The van der Waals surface area contributed by atoms with Crippen LogP contribution in [0.5, 0.6) is 0 Å². The summed E-state index contributed by atoms with van der Waals surface area (Å²) < 4.78 is 0. The number of aliphatic hydroxyl groups is 1. The first kappa shape index (κ1) is 9.23. The van der Waals surface area contributed by atoms with Gasteiger partial charge >= 0.3 is 0 Å². The van der Waals surface area contributed by atoms with Gasteiger partial charge in [0.1, 0.15) is 0 Å². The largest absolute Gasteiger partial charge is 0.387 e. The third-order valence-corrected chi connectivity index (χ3v) is 2.00. The Labute approximate surface area is 73.0 Å². The lowest BCUT2D eigenvalue weighted by molar-refractivity contribution is 0.186. The van der Waals surface area contributed by atoms with Crippen molar-refractivity contribution in [1.29, 1.82) is 0 Å². The highest BCUT2D eigenvalue weighted by Crippen LogP contribution is 2.12. The molecule has 3 N–H and O–H groups in total. The minimum Gasteiger partial charge on any atom is -0.387 e. The molecule has 0 bridgehead atoms. The van der Waals surface area contributed by atoms with Crippen molar-refractivity contribution in [1.82, 2.24) is 0 Å². The van der Waals surface area contributed by atoms with Crippen molar-refractivity contribution < 1.29 is 5.11 Å². The maximum atomic E-state index is 9.37. The molecule has 0 heterocycles. The van der Waals surface area contributed by atoms with Crippen LogP contribution < -0.4 is 5.73 Å². The van der Waals surface area contributed by atoms with Gasteiger partial charge in [-0.1, -0.05) is 31.2 Å². The van der Waals surface area contributed by atoms with E-state index >= 15 is 0 Å². The van der Waals surface area contributed by atoms with Crippen LogP contribution in [0.1, 0.15) is 24.2 Å². The number of rotatable bonds is 3. The molecule has 2 nitrogen and oxygen atoms in total. The van der Waals surface area contributed by atoms with E-state index in [2.05, 4.69) is 6.92 Å². The Hall–Kier alpha value is -0.860. The molecule has 0 unspecified atom stereocenters. The lowest BCUT2D eigenvalue weighted by atomic mass is 10.1. The van der Waals surface area contributed by atoms with Gasteiger partial charge in [0.25, 0.3) is 0 Å². The van der Waals surface area contributed by atoms with Gasteiger partial charge in [-0.3, -0.25) is 0 Å². The normalized spacial score (nSPS) is 12.9. The van der Waals surface area contributed by atoms with Crippen LogP contribution in [0.4, 0.5) is 0 Å². The molecule has 0 aliphatic carbocycles. The van der Waals surface area contributed by atoms with Gasteiger partial charge < -0.3 is 10.8 Å². The maximum absolute atomic E-state index is 9.37. The highest BCUT2D eigenvalue weighted by atomic mass is 16.3. The summed E-state index contributed by atoms with van der Waals surface area (Å²) in [4.78, 5) is 0. The topological polar surface area (TPSA) is 46.2 Å². The van der Waals surface area contributed by atoms with E-state index in [0.29, 0.717) is 0 Å². The van der Waals surface area contributed by atoms with E-state index in [1.165, 1.54) is 5.56 Å². The van der Waals surface area contributed by atoms with E-state index in [9.17, 15) is 5.11 Å². The molecular weight excluding hydrogens is 150 g/mol. The summed E-state index contributed by atoms with van der Waals surface area (Å²) >= 11 is 0. The summed E-state index contributed by atoms with van der Waals surface area (Å²) in [5.41, 5.74) is 7.50. The Balaban J connectivity index is 2.77. The number of aryl methyl sites for hydroxylation is 1. The lowest BCUT2D eigenvalue weighted by Gasteiger charge is -2.07. The third kappa shape index (κ3) is 2.06. The zero-order valence-corrected chi connectivity index (χ0v) is 7.33. The fourth-order valence-corrected chi connectivity index (χ4v) is 1.11. The van der Waals surface area contributed by atoms with Crippen molar-refractivity contribution in [2.45, 2.75) is 19.4 Å². The Kier molecular flexibility index (Phi) is 3.26. The first-order valence-electron chi connectivity index (χ1n) is 4.25. The molecule has 0 saturated carbocycles. The predicted molar refractivity (Wildman–Crippen MR) is 49.8 cm³/mol. The molecule has 2 heteroatoms. The van der Waals surface area contributed by atoms with Crippen LogP contribution in [0.25, 0.3) is 0 Å². The summed E-state index contributed by atoms with van der Waals surface area (Å²) in [5.74, 6) is 0. The molecule has 66 valence electrons. The van der Waals surface area contributed by atoms with E-state index < -0.39 is 6.10 Å². The van der Waals surface area contributed by atoms with Crippen molar-refractivity contribution in [3.05, 3.63) is 35.4 Å². The quantitative estimate of drug-likeness (QED) is 0.708. The van der Waals surface area contributed by atoms with Crippen molar-refractivity contribution in [3.63, 3.8) is 0 Å². The smallest absolute Gasteiger partial charge is 0.0912 e. The second-order valence-corrected chi connectivity index (χ2v) is 2.85. The maximum Gasteiger partial charge on any atom is 0.0912 e. The zero-order valence-electron chi connectivity index (χ0n) is 7.33. The monoisotopic (exact) mass is 165 g/mol. The first-order valence-corrected chi connectivity index (χ1v) is 4.25. The molecule has 0 aliphatic rings. The van der Waals surface area contributed by atoms with Gasteiger partial charge in [-0.2, -0.15) is 0 Å². The number of hydrogen-bond acceptors (Lipinski definition) is 2. The van der Waals surface area contributed by atoms with Crippen molar-refractivity contribution in [2.75, 3.05) is 6.54 Å². The van der Waals surface area contributed by atoms with E-state index in [0.717, 1.165) is 12.0 Å². The molecule has 0 radical (unpaired) electrons. The molecule has 0 aromatic heterocycles. The molecule has 0 spiro atoms. The van der Waals surface area contributed by atoms with Gasteiger partial charge in [0.05, 0.1) is 6.10 Å². The Morgan fingerprint density at radius 3 is 2.33 bits per heavy atom. The molecular formula is C10H15NO. The molecule has 1 aromatic carbocycles. The van der Waals surface area contributed by atoms with Crippen LogP contribution in [0, 0.1) is 0 Å². The van der Waals surface area contributed by atoms with E-state index in [1.807, 2.05) is 24.3 Å². The fraction of sp³-hybridized carbons (Fsp3) is 0.400. The second-order valence-electron chi connectivity index (χ2n) is 2.85. The Morgan fingerprint density at radius 1 is 1.33 bits per heavy atom. The van der Waals surface area contributed by atoms with Crippen LogP contribution in [-0.4, -0.2) is 11.7 Å². The zero-order chi connectivity index (χ0) is 8.97. The minimum absolute atomic E-state index is 0.283. The summed E-state index contributed by atoms with van der Waals surface area (Å²) in [6.07, 6.45) is 0.509. The summed E-state index contributed by atoms with van der Waals surface area (Å²) in [5, 5.41) is 9.37. The molecule has 0 fully saturated rings. The van der Waals surface area contributed by atoms with Crippen molar-refractivity contribution in [2.24, 2.45) is 5.73 Å². The van der Waals surface area contributed by atoms with Gasteiger partial charge in [0, 0.05) is 6.54 Å². The van der Waals surface area contributed by atoms with Crippen molar-refractivity contribution in [3.8, 4) is 0 Å².